The second-order valence-electron chi connectivity index (χ2n) is 6.26. The van der Waals surface area contributed by atoms with E-state index in [1.54, 1.807) is 34.0 Å². The average Bonchev–Trinajstić information content (AvgIpc) is 3.29. The van der Waals surface area contributed by atoms with Crippen LogP contribution in [0.5, 0.6) is 0 Å². The van der Waals surface area contributed by atoms with Gasteiger partial charge in [0.15, 0.2) is 5.76 Å². The van der Waals surface area contributed by atoms with Gasteiger partial charge in [-0.3, -0.25) is 4.98 Å². The van der Waals surface area contributed by atoms with Gasteiger partial charge in [0, 0.05) is 25.0 Å². The fourth-order valence-electron chi connectivity index (χ4n) is 3.28. The second-order valence-corrected chi connectivity index (χ2v) is 9.10. The maximum absolute atomic E-state index is 13.2. The topological polar surface area (TPSA) is 76.3 Å². The predicted octanol–water partition coefficient (Wildman–Crippen LogP) is 4.10. The normalized spacial score (nSPS) is 19.3. The van der Waals surface area contributed by atoms with Gasteiger partial charge in [-0.2, -0.15) is 4.31 Å². The van der Waals surface area contributed by atoms with Crippen LogP contribution in [-0.2, 0) is 10.0 Å². The van der Waals surface area contributed by atoms with Crippen LogP contribution in [0.4, 0.5) is 0 Å². The third-order valence-electron chi connectivity index (χ3n) is 4.58. The first-order chi connectivity index (χ1) is 12.7. The van der Waals surface area contributed by atoms with E-state index in [0.29, 0.717) is 18.0 Å². The third-order valence-corrected chi connectivity index (χ3v) is 7.35. The van der Waals surface area contributed by atoms with Crippen LogP contribution in [-0.4, -0.2) is 29.4 Å². The minimum Gasteiger partial charge on any atom is -0.355 e. The van der Waals surface area contributed by atoms with Crippen molar-refractivity contribution < 1.29 is 12.9 Å². The lowest BCUT2D eigenvalue weighted by molar-refractivity contribution is 0.308. The quantitative estimate of drug-likeness (QED) is 0.671. The minimum absolute atomic E-state index is 0.217. The summed E-state index contributed by atoms with van der Waals surface area (Å²) >= 11 is 1.57. The molecule has 4 rings (SSSR count). The van der Waals surface area contributed by atoms with Gasteiger partial charge in [-0.05, 0) is 36.4 Å². The van der Waals surface area contributed by atoms with Gasteiger partial charge in [0.05, 0.1) is 10.9 Å². The molecular formula is C18H19N3O3S2. The highest BCUT2D eigenvalue weighted by Gasteiger charge is 2.35. The molecule has 0 amide bonds. The van der Waals surface area contributed by atoms with Crippen LogP contribution in [0.1, 0.15) is 37.4 Å². The summed E-state index contributed by atoms with van der Waals surface area (Å²) in [5.74, 6) is 0.679. The fraction of sp³-hybridized carbons (Fsp3) is 0.333. The van der Waals surface area contributed by atoms with E-state index in [1.807, 2.05) is 23.6 Å². The van der Waals surface area contributed by atoms with Gasteiger partial charge in [-0.15, -0.1) is 11.3 Å². The van der Waals surface area contributed by atoms with Crippen molar-refractivity contribution in [1.82, 2.24) is 14.4 Å². The van der Waals surface area contributed by atoms with Crippen LogP contribution in [0.15, 0.2) is 57.5 Å². The number of aromatic nitrogens is 2. The maximum atomic E-state index is 13.2. The van der Waals surface area contributed by atoms with E-state index in [1.165, 1.54) is 6.20 Å². The lowest BCUT2D eigenvalue weighted by Gasteiger charge is -2.27. The molecule has 6 nitrogen and oxygen atoms in total. The molecule has 1 fully saturated rings. The van der Waals surface area contributed by atoms with Crippen molar-refractivity contribution in [3.63, 3.8) is 0 Å². The highest BCUT2D eigenvalue weighted by atomic mass is 32.2. The minimum atomic E-state index is -3.64. The summed E-state index contributed by atoms with van der Waals surface area (Å²) in [6.45, 7) is 0.475. The first-order valence-corrected chi connectivity index (χ1v) is 10.9. The molecule has 0 spiro atoms. The molecule has 0 aromatic carbocycles. The Morgan fingerprint density at radius 2 is 2.12 bits per heavy atom. The highest BCUT2D eigenvalue weighted by molar-refractivity contribution is 7.89. The van der Waals surface area contributed by atoms with E-state index in [2.05, 4.69) is 10.1 Å². The third kappa shape index (κ3) is 3.32. The Bertz CT molecular complexity index is 953. The molecule has 4 heterocycles. The molecule has 1 unspecified atom stereocenters. The Morgan fingerprint density at radius 3 is 2.88 bits per heavy atom. The van der Waals surface area contributed by atoms with E-state index in [-0.39, 0.29) is 10.9 Å². The van der Waals surface area contributed by atoms with Crippen molar-refractivity contribution in [3.05, 3.63) is 53.8 Å². The Morgan fingerprint density at radius 1 is 1.19 bits per heavy atom. The lowest BCUT2D eigenvalue weighted by atomic mass is 10.1. The van der Waals surface area contributed by atoms with Crippen LogP contribution in [0.3, 0.4) is 0 Å². The van der Waals surface area contributed by atoms with Crippen LogP contribution >= 0.6 is 11.3 Å². The van der Waals surface area contributed by atoms with Gasteiger partial charge in [-0.1, -0.05) is 24.1 Å². The monoisotopic (exact) mass is 389 g/mol. The number of sulfonamides is 1. The van der Waals surface area contributed by atoms with Crippen LogP contribution in [0.2, 0.25) is 0 Å². The maximum Gasteiger partial charge on any atom is 0.245 e. The molecule has 136 valence electrons. The summed E-state index contributed by atoms with van der Waals surface area (Å²) in [5.41, 5.74) is 0.669. The molecule has 0 bridgehead atoms. The van der Waals surface area contributed by atoms with Crippen molar-refractivity contribution in [3.8, 4) is 10.6 Å². The number of rotatable bonds is 4. The molecule has 1 atom stereocenters. The summed E-state index contributed by atoms with van der Waals surface area (Å²) in [7, 11) is -3.64. The Kier molecular flexibility index (Phi) is 4.88. The Labute approximate surface area is 156 Å². The van der Waals surface area contributed by atoms with Gasteiger partial charge in [0.25, 0.3) is 0 Å². The van der Waals surface area contributed by atoms with E-state index in [4.69, 9.17) is 4.52 Å². The Balaban J connectivity index is 1.71. The van der Waals surface area contributed by atoms with Gasteiger partial charge in [0.2, 0.25) is 10.0 Å². The van der Waals surface area contributed by atoms with Crippen molar-refractivity contribution >= 4 is 21.4 Å². The molecule has 3 aromatic heterocycles. The summed E-state index contributed by atoms with van der Waals surface area (Å²) in [4.78, 5) is 5.17. The molecule has 1 saturated heterocycles. The number of pyridine rings is 1. The largest absolute Gasteiger partial charge is 0.355 e. The van der Waals surface area contributed by atoms with E-state index in [0.717, 1.165) is 30.6 Å². The first kappa shape index (κ1) is 17.4. The van der Waals surface area contributed by atoms with Gasteiger partial charge >= 0.3 is 0 Å². The van der Waals surface area contributed by atoms with Crippen molar-refractivity contribution in [2.75, 3.05) is 6.54 Å². The number of hydrogen-bond donors (Lipinski definition) is 0. The van der Waals surface area contributed by atoms with Crippen LogP contribution in [0.25, 0.3) is 10.6 Å². The summed E-state index contributed by atoms with van der Waals surface area (Å²) in [6, 6.07) is 8.70. The molecule has 0 N–H and O–H groups in total. The molecule has 26 heavy (non-hydrogen) atoms. The average molecular weight is 390 g/mol. The van der Waals surface area contributed by atoms with Crippen LogP contribution < -0.4 is 0 Å². The van der Waals surface area contributed by atoms with E-state index >= 15 is 0 Å². The number of nitrogens with zero attached hydrogens (tertiary/aromatic N) is 3. The zero-order valence-electron chi connectivity index (χ0n) is 14.1. The molecule has 1 aliphatic rings. The fourth-order valence-corrected chi connectivity index (χ4v) is 5.59. The summed E-state index contributed by atoms with van der Waals surface area (Å²) < 4.78 is 33.4. The summed E-state index contributed by atoms with van der Waals surface area (Å²) in [5, 5.41) is 6.18. The Hall–Kier alpha value is -2.03. The van der Waals surface area contributed by atoms with Crippen molar-refractivity contribution in [2.24, 2.45) is 0 Å². The standard InChI is InChI=1S/C18H19N3O3S2/c22-26(23,14-6-4-9-19-13-14)21-10-3-1-2-7-16(21)15-12-17(24-20-15)18-8-5-11-25-18/h4-6,8-9,11-13,16H,1-3,7,10H2. The van der Waals surface area contributed by atoms with Crippen LogP contribution in [0, 0.1) is 0 Å². The molecule has 0 radical (unpaired) electrons. The highest BCUT2D eigenvalue weighted by Crippen LogP contribution is 2.36. The molecular weight excluding hydrogens is 370 g/mol. The molecule has 8 heteroatoms. The van der Waals surface area contributed by atoms with Gasteiger partial charge < -0.3 is 4.52 Å². The zero-order chi connectivity index (χ0) is 18.0. The van der Waals surface area contributed by atoms with E-state index in [9.17, 15) is 8.42 Å². The lowest BCUT2D eigenvalue weighted by Crippen LogP contribution is -2.35. The predicted molar refractivity (Wildman–Crippen MR) is 99.2 cm³/mol. The number of hydrogen-bond acceptors (Lipinski definition) is 6. The van der Waals surface area contributed by atoms with Crippen molar-refractivity contribution in [1.29, 1.82) is 0 Å². The smallest absolute Gasteiger partial charge is 0.245 e. The first-order valence-electron chi connectivity index (χ1n) is 8.58. The molecule has 3 aromatic rings. The van der Waals surface area contributed by atoms with Gasteiger partial charge in [0.1, 0.15) is 10.6 Å². The van der Waals surface area contributed by atoms with Gasteiger partial charge in [-0.25, -0.2) is 8.42 Å². The molecule has 0 aliphatic carbocycles. The van der Waals surface area contributed by atoms with E-state index < -0.39 is 10.0 Å². The zero-order valence-corrected chi connectivity index (χ0v) is 15.7. The SMILES string of the molecule is O=S(=O)(c1cccnc1)N1CCCCCC1c1cc(-c2cccs2)on1. The molecule has 1 aliphatic heterocycles. The second kappa shape index (κ2) is 7.30. The van der Waals surface area contributed by atoms with Crippen molar-refractivity contribution in [2.45, 2.75) is 36.6 Å². The molecule has 0 saturated carbocycles. The number of thiophene rings is 1. The summed E-state index contributed by atoms with van der Waals surface area (Å²) in [6.07, 6.45) is 6.51.